The molecule has 1 aliphatic heterocycles. The molecule has 1 fully saturated rings. The average Bonchev–Trinajstić information content (AvgIpc) is 3.53. The zero-order valence-electron chi connectivity index (χ0n) is 19.1. The van der Waals surface area contributed by atoms with Crippen molar-refractivity contribution in [2.24, 2.45) is 7.05 Å². The molecule has 176 valence electrons. The smallest absolute Gasteiger partial charge is 0.320 e. The molecule has 1 saturated heterocycles. The molecule has 34 heavy (non-hydrogen) atoms. The number of anilines is 1. The largest absolute Gasteiger partial charge is 0.472 e. The number of aryl methyl sites for hydroxylation is 1. The molecule has 0 unspecified atom stereocenters. The van der Waals surface area contributed by atoms with E-state index < -0.39 is 0 Å². The van der Waals surface area contributed by atoms with Crippen molar-refractivity contribution >= 4 is 5.82 Å². The van der Waals surface area contributed by atoms with Gasteiger partial charge in [-0.3, -0.25) is 4.68 Å². The SMILES string of the molecule is Cn1cc(CCOc2nc(N3CCOCC3)cc(-n3ccc(OCc4ccccc4)n3)n2)cn1. The molecule has 0 spiro atoms. The minimum absolute atomic E-state index is 0.310. The fraction of sp³-hybridized carbons (Fsp3) is 0.333. The minimum Gasteiger partial charge on any atom is -0.472 e. The molecule has 0 radical (unpaired) electrons. The second-order valence-corrected chi connectivity index (χ2v) is 7.96. The van der Waals surface area contributed by atoms with Crippen molar-refractivity contribution in [3.63, 3.8) is 0 Å². The third-order valence-electron chi connectivity index (χ3n) is 5.42. The van der Waals surface area contributed by atoms with Gasteiger partial charge in [0.1, 0.15) is 12.4 Å². The van der Waals surface area contributed by atoms with Crippen molar-refractivity contribution < 1.29 is 14.2 Å². The van der Waals surface area contributed by atoms with Crippen LogP contribution in [0.4, 0.5) is 5.82 Å². The van der Waals surface area contributed by atoms with E-state index in [4.69, 9.17) is 14.2 Å². The first kappa shape index (κ1) is 21.9. The fourth-order valence-electron chi connectivity index (χ4n) is 3.64. The molecule has 4 heterocycles. The molecule has 0 saturated carbocycles. The molecule has 1 aromatic carbocycles. The molecule has 5 rings (SSSR count). The first-order valence-corrected chi connectivity index (χ1v) is 11.3. The molecule has 0 atom stereocenters. The number of hydrogen-bond acceptors (Lipinski definition) is 8. The quantitative estimate of drug-likeness (QED) is 0.375. The summed E-state index contributed by atoms with van der Waals surface area (Å²) in [4.78, 5) is 11.4. The molecule has 0 N–H and O–H groups in total. The summed E-state index contributed by atoms with van der Waals surface area (Å²) >= 11 is 0. The molecule has 4 aromatic rings. The molecule has 10 nitrogen and oxygen atoms in total. The van der Waals surface area contributed by atoms with Gasteiger partial charge in [-0.05, 0) is 11.1 Å². The maximum absolute atomic E-state index is 5.94. The van der Waals surface area contributed by atoms with Crippen molar-refractivity contribution in [3.05, 3.63) is 72.2 Å². The highest BCUT2D eigenvalue weighted by atomic mass is 16.5. The summed E-state index contributed by atoms with van der Waals surface area (Å²) in [7, 11) is 1.90. The van der Waals surface area contributed by atoms with Crippen LogP contribution in [0.2, 0.25) is 0 Å². The van der Waals surface area contributed by atoms with Crippen LogP contribution in [-0.4, -0.2) is 62.4 Å². The van der Waals surface area contributed by atoms with Crippen molar-refractivity contribution in [3.8, 4) is 17.7 Å². The average molecular weight is 462 g/mol. The van der Waals surface area contributed by atoms with Gasteiger partial charge in [0.2, 0.25) is 5.88 Å². The zero-order chi connectivity index (χ0) is 23.2. The lowest BCUT2D eigenvalue weighted by molar-refractivity contribution is 0.122. The third-order valence-corrected chi connectivity index (χ3v) is 5.42. The first-order chi connectivity index (χ1) is 16.7. The summed E-state index contributed by atoms with van der Waals surface area (Å²) in [5, 5.41) is 8.74. The van der Waals surface area contributed by atoms with Gasteiger partial charge in [0.05, 0.1) is 26.0 Å². The first-order valence-electron chi connectivity index (χ1n) is 11.3. The topological polar surface area (TPSA) is 92.3 Å². The van der Waals surface area contributed by atoms with Crippen LogP contribution in [-0.2, 0) is 24.8 Å². The van der Waals surface area contributed by atoms with Crippen LogP contribution < -0.4 is 14.4 Å². The molecular formula is C24H27N7O3. The van der Waals surface area contributed by atoms with E-state index in [1.165, 1.54) is 0 Å². The molecule has 10 heteroatoms. The van der Waals surface area contributed by atoms with E-state index in [0.29, 0.717) is 50.6 Å². The fourth-order valence-corrected chi connectivity index (χ4v) is 3.64. The predicted molar refractivity (Wildman–Crippen MR) is 125 cm³/mol. The summed E-state index contributed by atoms with van der Waals surface area (Å²) < 4.78 is 20.7. The normalized spacial score (nSPS) is 13.7. The Labute approximate surface area is 197 Å². The van der Waals surface area contributed by atoms with Crippen LogP contribution in [0, 0.1) is 0 Å². The second kappa shape index (κ2) is 10.3. The number of benzene rings is 1. The van der Waals surface area contributed by atoms with Gasteiger partial charge in [-0.15, -0.1) is 5.10 Å². The van der Waals surface area contributed by atoms with Crippen LogP contribution in [0.1, 0.15) is 11.1 Å². The Kier molecular flexibility index (Phi) is 6.66. The molecular weight excluding hydrogens is 434 g/mol. The van der Waals surface area contributed by atoms with Gasteiger partial charge in [0.25, 0.3) is 0 Å². The van der Waals surface area contributed by atoms with Crippen LogP contribution in [0.3, 0.4) is 0 Å². The maximum atomic E-state index is 5.94. The summed E-state index contributed by atoms with van der Waals surface area (Å²) in [5.41, 5.74) is 2.18. The van der Waals surface area contributed by atoms with Crippen molar-refractivity contribution in [1.29, 1.82) is 0 Å². The van der Waals surface area contributed by atoms with Crippen LogP contribution >= 0.6 is 0 Å². The van der Waals surface area contributed by atoms with Crippen molar-refractivity contribution in [1.82, 2.24) is 29.5 Å². The van der Waals surface area contributed by atoms with Gasteiger partial charge in [-0.25, -0.2) is 4.68 Å². The van der Waals surface area contributed by atoms with Gasteiger partial charge in [-0.1, -0.05) is 30.3 Å². The minimum atomic E-state index is 0.310. The number of ether oxygens (including phenoxy) is 3. The van der Waals surface area contributed by atoms with Gasteiger partial charge >= 0.3 is 6.01 Å². The Morgan fingerprint density at radius 1 is 0.971 bits per heavy atom. The van der Waals surface area contributed by atoms with Crippen molar-refractivity contribution in [2.45, 2.75) is 13.0 Å². The summed E-state index contributed by atoms with van der Waals surface area (Å²) in [6, 6.07) is 14.0. The lowest BCUT2D eigenvalue weighted by Crippen LogP contribution is -2.37. The van der Waals surface area contributed by atoms with E-state index in [0.717, 1.165) is 30.0 Å². The van der Waals surface area contributed by atoms with Crippen LogP contribution in [0.25, 0.3) is 5.82 Å². The number of morpholine rings is 1. The molecule has 1 aliphatic rings. The molecule has 0 bridgehead atoms. The van der Waals surface area contributed by atoms with Crippen LogP contribution in [0.15, 0.2) is 61.1 Å². The van der Waals surface area contributed by atoms with Crippen LogP contribution in [0.5, 0.6) is 11.9 Å². The lowest BCUT2D eigenvalue weighted by Gasteiger charge is -2.28. The summed E-state index contributed by atoms with van der Waals surface area (Å²) in [5.74, 6) is 1.92. The van der Waals surface area contributed by atoms with E-state index in [-0.39, 0.29) is 0 Å². The maximum Gasteiger partial charge on any atom is 0.320 e. The summed E-state index contributed by atoms with van der Waals surface area (Å²) in [6.45, 7) is 3.74. The lowest BCUT2D eigenvalue weighted by atomic mass is 10.2. The highest BCUT2D eigenvalue weighted by Gasteiger charge is 2.17. The Balaban J connectivity index is 1.32. The Morgan fingerprint density at radius 2 is 1.79 bits per heavy atom. The Morgan fingerprint density at radius 3 is 2.59 bits per heavy atom. The van der Waals surface area contributed by atoms with E-state index in [1.54, 1.807) is 9.36 Å². The number of hydrogen-bond donors (Lipinski definition) is 0. The van der Waals surface area contributed by atoms with Crippen molar-refractivity contribution in [2.75, 3.05) is 37.8 Å². The number of rotatable bonds is 9. The van der Waals surface area contributed by atoms with Gasteiger partial charge in [-0.2, -0.15) is 15.1 Å². The van der Waals surface area contributed by atoms with E-state index in [1.807, 2.05) is 68.1 Å². The van der Waals surface area contributed by atoms with Gasteiger partial charge < -0.3 is 19.1 Å². The molecule has 0 aliphatic carbocycles. The van der Waals surface area contributed by atoms with E-state index in [2.05, 4.69) is 25.1 Å². The summed E-state index contributed by atoms with van der Waals surface area (Å²) in [6.07, 6.45) is 6.35. The van der Waals surface area contributed by atoms with Gasteiger partial charge in [0.15, 0.2) is 5.82 Å². The number of nitrogens with zero attached hydrogens (tertiary/aromatic N) is 7. The van der Waals surface area contributed by atoms with E-state index in [9.17, 15) is 0 Å². The zero-order valence-corrected chi connectivity index (χ0v) is 19.1. The molecule has 0 amide bonds. The molecule has 3 aromatic heterocycles. The monoisotopic (exact) mass is 461 g/mol. The standard InChI is InChI=1S/C24H27N7O3/c1-29-17-20(16-25-29)8-12-33-24-26-21(30-10-13-32-14-11-30)15-22(27-24)31-9-7-23(28-31)34-18-19-5-3-2-4-6-19/h2-7,9,15-17H,8,10-14,18H2,1H3. The third kappa shape index (κ3) is 5.52. The number of aromatic nitrogens is 6. The second-order valence-electron chi connectivity index (χ2n) is 7.96. The highest BCUT2D eigenvalue weighted by Crippen LogP contribution is 2.21. The van der Waals surface area contributed by atoms with E-state index >= 15 is 0 Å². The predicted octanol–water partition coefficient (Wildman–Crippen LogP) is 2.43. The van der Waals surface area contributed by atoms with Gasteiger partial charge in [0, 0.05) is 51.1 Å². The Bertz CT molecular complexity index is 1200. The Hall–Kier alpha value is -3.92. The highest BCUT2D eigenvalue weighted by molar-refractivity contribution is 5.45.